The molecule has 8 nitrogen and oxygen atoms in total. The number of carbonyl (C=O) groups excluding carboxylic acids is 1. The van der Waals surface area contributed by atoms with Crippen LogP contribution in [0.3, 0.4) is 0 Å². The maximum Gasteiger partial charge on any atom is 0.340 e. The molecule has 29 heavy (non-hydrogen) atoms. The summed E-state index contributed by atoms with van der Waals surface area (Å²) in [4.78, 5) is 16.2. The van der Waals surface area contributed by atoms with Crippen LogP contribution in [-0.2, 0) is 21.4 Å². The lowest BCUT2D eigenvalue weighted by atomic mass is 10.1. The lowest BCUT2D eigenvalue weighted by Gasteiger charge is -2.07. The van der Waals surface area contributed by atoms with Gasteiger partial charge in [0.1, 0.15) is 5.82 Å². The molecule has 3 aromatic rings. The fraction of sp³-hybridized carbons (Fsp3) is 0.167. The normalized spacial score (nSPS) is 11.4. The summed E-state index contributed by atoms with van der Waals surface area (Å²) < 4.78 is 49.7. The predicted octanol–water partition coefficient (Wildman–Crippen LogP) is 3.10. The van der Waals surface area contributed by atoms with Crippen LogP contribution in [0, 0.1) is 12.7 Å². The molecule has 0 unspecified atom stereocenters. The number of nitrogens with zero attached hydrogens (tertiary/aromatic N) is 2. The smallest absolute Gasteiger partial charge is 0.340 e. The zero-order valence-corrected chi connectivity index (χ0v) is 16.8. The molecule has 0 saturated heterocycles. The first-order valence-corrected chi connectivity index (χ1v) is 10.1. The van der Waals surface area contributed by atoms with Crippen LogP contribution in [-0.4, -0.2) is 31.6 Å². The Balaban J connectivity index is 1.74. The van der Waals surface area contributed by atoms with Gasteiger partial charge in [-0.2, -0.15) is 4.98 Å². The van der Waals surface area contributed by atoms with Crippen LogP contribution in [0.5, 0.6) is 0 Å². The first-order chi connectivity index (χ1) is 13.7. The van der Waals surface area contributed by atoms with Crippen molar-refractivity contribution in [3.8, 4) is 11.4 Å². The third-order valence-corrected chi connectivity index (χ3v) is 5.70. The van der Waals surface area contributed by atoms with E-state index in [9.17, 15) is 17.6 Å². The van der Waals surface area contributed by atoms with E-state index in [4.69, 9.17) is 20.9 Å². The molecule has 0 amide bonds. The lowest BCUT2D eigenvalue weighted by Crippen LogP contribution is -2.19. The molecule has 2 aromatic carbocycles. The summed E-state index contributed by atoms with van der Waals surface area (Å²) in [6.45, 7) is 1.25. The van der Waals surface area contributed by atoms with Gasteiger partial charge in [0.05, 0.1) is 15.5 Å². The monoisotopic (exact) mass is 439 g/mol. The van der Waals surface area contributed by atoms with Crippen molar-refractivity contribution in [3.05, 3.63) is 64.3 Å². The highest BCUT2D eigenvalue weighted by Crippen LogP contribution is 2.22. The number of hydrogen-bond acceptors (Lipinski definition) is 7. The van der Waals surface area contributed by atoms with Crippen LogP contribution in [0.15, 0.2) is 45.8 Å². The number of nitrogens with one attached hydrogen (secondary N) is 1. The minimum absolute atomic E-state index is 0.0198. The van der Waals surface area contributed by atoms with Crippen molar-refractivity contribution < 1.29 is 26.9 Å². The number of esters is 1. The van der Waals surface area contributed by atoms with Gasteiger partial charge in [-0.05, 0) is 43.8 Å². The lowest BCUT2D eigenvalue weighted by molar-refractivity contribution is 0.0429. The number of carbonyl (C=O) groups is 1. The Morgan fingerprint density at radius 1 is 1.28 bits per heavy atom. The third-order valence-electron chi connectivity index (χ3n) is 3.96. The van der Waals surface area contributed by atoms with E-state index >= 15 is 0 Å². The number of hydrogen-bond donors (Lipinski definition) is 1. The molecule has 0 aliphatic rings. The molecule has 3 rings (SSSR count). The molecule has 0 saturated carbocycles. The number of sulfonamides is 1. The van der Waals surface area contributed by atoms with Gasteiger partial charge in [0.25, 0.3) is 5.89 Å². The van der Waals surface area contributed by atoms with E-state index in [-0.39, 0.29) is 33.8 Å². The van der Waals surface area contributed by atoms with Crippen molar-refractivity contribution in [3.63, 3.8) is 0 Å². The summed E-state index contributed by atoms with van der Waals surface area (Å²) in [5.41, 5.74) is 0.747. The van der Waals surface area contributed by atoms with E-state index in [1.807, 2.05) is 0 Å². The largest absolute Gasteiger partial charge is 0.452 e. The number of aryl methyl sites for hydroxylation is 1. The van der Waals surface area contributed by atoms with Crippen molar-refractivity contribution >= 4 is 27.6 Å². The maximum absolute atomic E-state index is 13.7. The Hall–Kier alpha value is -2.82. The highest BCUT2D eigenvalue weighted by atomic mass is 35.5. The second kappa shape index (κ2) is 8.27. The standard InChI is InChI=1S/C18H15ClFN3O5S/c1-10-3-4-11(7-15(10)20)17-22-16(28-23-17)9-27-18(24)13-8-12(5-6-14(13)19)29(25,26)21-2/h3-8,21H,9H2,1-2H3. The Kier molecular flexibility index (Phi) is 5.96. The van der Waals surface area contributed by atoms with Crippen LogP contribution in [0.2, 0.25) is 5.02 Å². The molecule has 1 heterocycles. The molecule has 0 radical (unpaired) electrons. The Labute approximate surface area is 170 Å². The predicted molar refractivity (Wildman–Crippen MR) is 101 cm³/mol. The molecule has 11 heteroatoms. The zero-order chi connectivity index (χ0) is 21.2. The van der Waals surface area contributed by atoms with E-state index in [1.54, 1.807) is 19.1 Å². The average molecular weight is 440 g/mol. The van der Waals surface area contributed by atoms with Crippen molar-refractivity contribution in [2.45, 2.75) is 18.4 Å². The second-order valence-corrected chi connectivity index (χ2v) is 8.19. The van der Waals surface area contributed by atoms with E-state index in [1.165, 1.54) is 25.2 Å². The summed E-state index contributed by atoms with van der Waals surface area (Å²) in [5.74, 6) is -1.17. The van der Waals surface area contributed by atoms with Crippen molar-refractivity contribution in [2.75, 3.05) is 7.05 Å². The Bertz CT molecular complexity index is 1180. The molecular weight excluding hydrogens is 425 g/mol. The van der Waals surface area contributed by atoms with Crippen molar-refractivity contribution in [2.24, 2.45) is 0 Å². The molecule has 0 aliphatic heterocycles. The quantitative estimate of drug-likeness (QED) is 0.587. The van der Waals surface area contributed by atoms with E-state index in [2.05, 4.69) is 14.9 Å². The molecule has 0 aliphatic carbocycles. The zero-order valence-electron chi connectivity index (χ0n) is 15.3. The minimum atomic E-state index is -3.76. The van der Waals surface area contributed by atoms with Crippen LogP contribution in [0.25, 0.3) is 11.4 Å². The fourth-order valence-corrected chi connectivity index (χ4v) is 3.26. The van der Waals surface area contributed by atoms with Gasteiger partial charge in [0.15, 0.2) is 6.61 Å². The van der Waals surface area contributed by atoms with Gasteiger partial charge in [0, 0.05) is 5.56 Å². The first-order valence-electron chi connectivity index (χ1n) is 8.20. The summed E-state index contributed by atoms with van der Waals surface area (Å²) >= 11 is 5.97. The average Bonchev–Trinajstić information content (AvgIpc) is 3.17. The van der Waals surface area contributed by atoms with Crippen LogP contribution >= 0.6 is 11.6 Å². The van der Waals surface area contributed by atoms with Gasteiger partial charge in [-0.3, -0.25) is 0 Å². The molecule has 0 fully saturated rings. The SMILES string of the molecule is CNS(=O)(=O)c1ccc(Cl)c(C(=O)OCc2nc(-c3ccc(C)c(F)c3)no2)c1. The first kappa shape index (κ1) is 20.9. The number of ether oxygens (including phenoxy) is 1. The minimum Gasteiger partial charge on any atom is -0.452 e. The van der Waals surface area contributed by atoms with Gasteiger partial charge in [-0.1, -0.05) is 28.9 Å². The van der Waals surface area contributed by atoms with Gasteiger partial charge in [-0.25, -0.2) is 22.3 Å². The highest BCUT2D eigenvalue weighted by molar-refractivity contribution is 7.89. The molecule has 152 valence electrons. The van der Waals surface area contributed by atoms with E-state index in [0.29, 0.717) is 11.1 Å². The summed E-state index contributed by atoms with van der Waals surface area (Å²) in [6.07, 6.45) is 0. The third kappa shape index (κ3) is 4.61. The van der Waals surface area contributed by atoms with Crippen molar-refractivity contribution in [1.29, 1.82) is 0 Å². The van der Waals surface area contributed by atoms with E-state index < -0.39 is 21.8 Å². The Morgan fingerprint density at radius 3 is 2.72 bits per heavy atom. The molecule has 0 atom stereocenters. The highest BCUT2D eigenvalue weighted by Gasteiger charge is 2.19. The second-order valence-electron chi connectivity index (χ2n) is 5.90. The van der Waals surface area contributed by atoms with Crippen LogP contribution < -0.4 is 4.72 Å². The number of rotatable bonds is 6. The summed E-state index contributed by atoms with van der Waals surface area (Å²) in [5, 5.41) is 3.75. The molecular formula is C18H15ClFN3O5S. The number of halogens is 2. The molecule has 1 N–H and O–H groups in total. The maximum atomic E-state index is 13.7. The van der Waals surface area contributed by atoms with Gasteiger partial charge >= 0.3 is 5.97 Å². The Morgan fingerprint density at radius 2 is 2.03 bits per heavy atom. The molecule has 0 spiro atoms. The van der Waals surface area contributed by atoms with E-state index in [0.717, 1.165) is 6.07 Å². The number of benzene rings is 2. The summed E-state index contributed by atoms with van der Waals surface area (Å²) in [6, 6.07) is 8.12. The van der Waals surface area contributed by atoms with Crippen LogP contribution in [0.1, 0.15) is 21.8 Å². The molecule has 1 aromatic heterocycles. The molecule has 0 bridgehead atoms. The van der Waals surface area contributed by atoms with Gasteiger partial charge < -0.3 is 9.26 Å². The van der Waals surface area contributed by atoms with Crippen LogP contribution in [0.4, 0.5) is 4.39 Å². The fourth-order valence-electron chi connectivity index (χ4n) is 2.31. The van der Waals surface area contributed by atoms with Gasteiger partial charge in [0.2, 0.25) is 15.8 Å². The van der Waals surface area contributed by atoms with Gasteiger partial charge in [-0.15, -0.1) is 0 Å². The topological polar surface area (TPSA) is 111 Å². The van der Waals surface area contributed by atoms with Crippen molar-refractivity contribution in [1.82, 2.24) is 14.9 Å². The number of aromatic nitrogens is 2. The summed E-state index contributed by atoms with van der Waals surface area (Å²) in [7, 11) is -2.51.